The predicted molar refractivity (Wildman–Crippen MR) is 113 cm³/mol. The molecule has 3 rings (SSSR count). The summed E-state index contributed by atoms with van der Waals surface area (Å²) in [5.41, 5.74) is 0.305. The molecule has 156 valence electrons. The second-order valence-electron chi connectivity index (χ2n) is 6.63. The van der Waals surface area contributed by atoms with E-state index in [1.807, 2.05) is 6.92 Å². The number of esters is 1. The molecule has 0 spiro atoms. The Balaban J connectivity index is 1.74. The lowest BCUT2D eigenvalue weighted by atomic mass is 10.1. The summed E-state index contributed by atoms with van der Waals surface area (Å²) in [6.45, 7) is 1.93. The fraction of sp³-hybridized carbons (Fsp3) is 0.273. The van der Waals surface area contributed by atoms with Crippen LogP contribution in [0.3, 0.4) is 0 Å². The third kappa shape index (κ3) is 4.83. The van der Waals surface area contributed by atoms with Crippen LogP contribution >= 0.6 is 0 Å². The molecule has 0 aliphatic heterocycles. The average molecular weight is 409 g/mol. The van der Waals surface area contributed by atoms with Crippen LogP contribution < -0.4 is 15.6 Å². The summed E-state index contributed by atoms with van der Waals surface area (Å²) in [5.74, 6) is -0.589. The summed E-state index contributed by atoms with van der Waals surface area (Å²) < 4.78 is 11.5. The van der Waals surface area contributed by atoms with Gasteiger partial charge in [-0.15, -0.1) is 0 Å². The first kappa shape index (κ1) is 21.0. The highest BCUT2D eigenvalue weighted by Crippen LogP contribution is 2.16. The number of benzene rings is 2. The maximum atomic E-state index is 12.6. The number of aromatic nitrogens is 2. The van der Waals surface area contributed by atoms with Crippen LogP contribution in [0.15, 0.2) is 53.3 Å². The Labute approximate surface area is 173 Å². The number of methoxy groups -OCH3 is 1. The van der Waals surface area contributed by atoms with E-state index in [1.165, 1.54) is 4.68 Å². The zero-order chi connectivity index (χ0) is 21.5. The molecule has 1 heterocycles. The van der Waals surface area contributed by atoms with Gasteiger partial charge in [0.1, 0.15) is 5.75 Å². The van der Waals surface area contributed by atoms with Crippen LogP contribution in [0.4, 0.5) is 5.69 Å². The predicted octanol–water partition coefficient (Wildman–Crippen LogP) is 3.00. The minimum absolute atomic E-state index is 0.0125. The van der Waals surface area contributed by atoms with Crippen molar-refractivity contribution >= 4 is 28.3 Å². The van der Waals surface area contributed by atoms with Crippen LogP contribution in [0.1, 0.15) is 30.3 Å². The molecule has 3 aromatic rings. The standard InChI is InChI=1S/C22H23N3O5/c1-3-4-13-25-21(27)18-8-6-5-7-17(18)20(24-25)22(28)30-14-19(26)23-15-9-11-16(29-2)12-10-15/h5-12H,3-4,13-14H2,1-2H3,(H,23,26). The number of ether oxygens (including phenoxy) is 2. The quantitative estimate of drug-likeness (QED) is 0.574. The molecule has 0 saturated heterocycles. The van der Waals surface area contributed by atoms with Gasteiger partial charge in [0.2, 0.25) is 0 Å². The molecule has 0 fully saturated rings. The molecular formula is C22H23N3O5. The SMILES string of the molecule is CCCCn1nc(C(=O)OCC(=O)Nc2ccc(OC)cc2)c2ccccc2c1=O. The van der Waals surface area contributed by atoms with E-state index in [1.54, 1.807) is 55.6 Å². The van der Waals surface area contributed by atoms with Crippen molar-refractivity contribution in [3.05, 3.63) is 64.6 Å². The van der Waals surface area contributed by atoms with Crippen molar-refractivity contribution in [2.75, 3.05) is 19.0 Å². The number of carbonyl (C=O) groups is 2. The highest BCUT2D eigenvalue weighted by atomic mass is 16.5. The summed E-state index contributed by atoms with van der Waals surface area (Å²) in [4.78, 5) is 37.4. The van der Waals surface area contributed by atoms with Gasteiger partial charge in [-0.25, -0.2) is 9.48 Å². The number of nitrogens with zero attached hydrogens (tertiary/aromatic N) is 2. The number of carbonyl (C=O) groups excluding carboxylic acids is 2. The first-order valence-corrected chi connectivity index (χ1v) is 9.64. The molecule has 1 aromatic heterocycles. The number of hydrogen-bond acceptors (Lipinski definition) is 6. The van der Waals surface area contributed by atoms with Crippen LogP contribution in [-0.2, 0) is 16.1 Å². The van der Waals surface area contributed by atoms with Gasteiger partial charge in [0, 0.05) is 17.6 Å². The largest absolute Gasteiger partial charge is 0.497 e. The van der Waals surface area contributed by atoms with Crippen molar-refractivity contribution in [1.29, 1.82) is 0 Å². The summed E-state index contributed by atoms with van der Waals surface area (Å²) in [7, 11) is 1.55. The maximum Gasteiger partial charge on any atom is 0.359 e. The van der Waals surface area contributed by atoms with E-state index in [2.05, 4.69) is 10.4 Å². The molecule has 1 N–H and O–H groups in total. The van der Waals surface area contributed by atoms with Crippen molar-refractivity contribution in [2.45, 2.75) is 26.3 Å². The number of amides is 1. The Kier molecular flexibility index (Phi) is 6.79. The van der Waals surface area contributed by atoms with Gasteiger partial charge in [-0.05, 0) is 36.8 Å². The second kappa shape index (κ2) is 9.69. The van der Waals surface area contributed by atoms with E-state index in [-0.39, 0.29) is 11.3 Å². The lowest BCUT2D eigenvalue weighted by Crippen LogP contribution is -2.27. The fourth-order valence-electron chi connectivity index (χ4n) is 2.92. The van der Waals surface area contributed by atoms with E-state index in [4.69, 9.17) is 9.47 Å². The minimum Gasteiger partial charge on any atom is -0.497 e. The van der Waals surface area contributed by atoms with Crippen molar-refractivity contribution in [3.63, 3.8) is 0 Å². The Hall–Kier alpha value is -3.68. The summed E-state index contributed by atoms with van der Waals surface area (Å²) in [5, 5.41) is 7.63. The summed E-state index contributed by atoms with van der Waals surface area (Å²) in [6.07, 6.45) is 1.64. The Bertz CT molecular complexity index is 1110. The number of anilines is 1. The van der Waals surface area contributed by atoms with E-state index >= 15 is 0 Å². The smallest absolute Gasteiger partial charge is 0.359 e. The van der Waals surface area contributed by atoms with Crippen LogP contribution in [-0.4, -0.2) is 35.4 Å². The highest BCUT2D eigenvalue weighted by Gasteiger charge is 2.19. The van der Waals surface area contributed by atoms with Crippen LogP contribution in [0, 0.1) is 0 Å². The van der Waals surface area contributed by atoms with Crippen LogP contribution in [0.5, 0.6) is 5.75 Å². The first-order chi connectivity index (χ1) is 14.5. The Morgan fingerprint density at radius 2 is 1.77 bits per heavy atom. The van der Waals surface area contributed by atoms with Gasteiger partial charge in [0.05, 0.1) is 12.5 Å². The Morgan fingerprint density at radius 3 is 2.43 bits per heavy atom. The molecule has 30 heavy (non-hydrogen) atoms. The molecule has 1 amide bonds. The molecule has 8 heteroatoms. The first-order valence-electron chi connectivity index (χ1n) is 9.64. The summed E-state index contributed by atoms with van der Waals surface area (Å²) >= 11 is 0. The average Bonchev–Trinajstić information content (AvgIpc) is 2.77. The van der Waals surface area contributed by atoms with E-state index in [9.17, 15) is 14.4 Å². The highest BCUT2D eigenvalue weighted by molar-refractivity contribution is 6.03. The van der Waals surface area contributed by atoms with Gasteiger partial charge in [-0.3, -0.25) is 9.59 Å². The minimum atomic E-state index is -0.763. The summed E-state index contributed by atoms with van der Waals surface area (Å²) in [6, 6.07) is 13.5. The molecule has 0 atom stereocenters. The third-order valence-electron chi connectivity index (χ3n) is 4.49. The molecule has 2 aromatic carbocycles. The Morgan fingerprint density at radius 1 is 1.07 bits per heavy atom. The fourth-order valence-corrected chi connectivity index (χ4v) is 2.92. The lowest BCUT2D eigenvalue weighted by Gasteiger charge is -2.11. The van der Waals surface area contributed by atoms with Crippen LogP contribution in [0.2, 0.25) is 0 Å². The molecule has 8 nitrogen and oxygen atoms in total. The van der Waals surface area contributed by atoms with Gasteiger partial charge in [-0.2, -0.15) is 5.10 Å². The van der Waals surface area contributed by atoms with Crippen molar-refractivity contribution in [3.8, 4) is 5.75 Å². The number of rotatable bonds is 8. The second-order valence-corrected chi connectivity index (χ2v) is 6.63. The lowest BCUT2D eigenvalue weighted by molar-refractivity contribution is -0.119. The van der Waals surface area contributed by atoms with Gasteiger partial charge < -0.3 is 14.8 Å². The van der Waals surface area contributed by atoms with Gasteiger partial charge in [-0.1, -0.05) is 31.5 Å². The number of fused-ring (bicyclic) bond motifs is 1. The van der Waals surface area contributed by atoms with E-state index < -0.39 is 18.5 Å². The van der Waals surface area contributed by atoms with Gasteiger partial charge >= 0.3 is 5.97 Å². The third-order valence-corrected chi connectivity index (χ3v) is 4.49. The molecule has 0 radical (unpaired) electrons. The molecule has 0 saturated carbocycles. The van der Waals surface area contributed by atoms with Crippen molar-refractivity contribution in [1.82, 2.24) is 9.78 Å². The molecular weight excluding hydrogens is 386 g/mol. The number of unbranched alkanes of at least 4 members (excludes halogenated alkanes) is 1. The normalized spacial score (nSPS) is 10.6. The zero-order valence-electron chi connectivity index (χ0n) is 16.9. The number of nitrogens with one attached hydrogen (secondary N) is 1. The van der Waals surface area contributed by atoms with Gasteiger partial charge in [0.15, 0.2) is 12.3 Å². The number of aryl methyl sites for hydroxylation is 1. The van der Waals surface area contributed by atoms with Crippen molar-refractivity contribution < 1.29 is 19.1 Å². The van der Waals surface area contributed by atoms with Crippen molar-refractivity contribution in [2.24, 2.45) is 0 Å². The molecule has 0 aliphatic carbocycles. The molecule has 0 bridgehead atoms. The molecule has 0 aliphatic rings. The number of hydrogen-bond donors (Lipinski definition) is 1. The van der Waals surface area contributed by atoms with E-state index in [0.29, 0.717) is 28.8 Å². The van der Waals surface area contributed by atoms with Crippen LogP contribution in [0.25, 0.3) is 10.8 Å². The maximum absolute atomic E-state index is 12.6. The monoisotopic (exact) mass is 409 g/mol. The molecule has 0 unspecified atom stereocenters. The van der Waals surface area contributed by atoms with E-state index in [0.717, 1.165) is 12.8 Å². The van der Waals surface area contributed by atoms with Gasteiger partial charge in [0.25, 0.3) is 11.5 Å². The zero-order valence-corrected chi connectivity index (χ0v) is 16.9. The topological polar surface area (TPSA) is 99.5 Å².